The maximum atomic E-state index is 7.05. The van der Waals surface area contributed by atoms with Crippen molar-refractivity contribution in [2.24, 2.45) is 0 Å². The molecule has 0 atom stereocenters. The van der Waals surface area contributed by atoms with Gasteiger partial charge in [-0.2, -0.15) is 0 Å². The molecule has 0 unspecified atom stereocenters. The van der Waals surface area contributed by atoms with Crippen molar-refractivity contribution in [1.29, 1.82) is 0 Å². The predicted molar refractivity (Wildman–Crippen MR) is 25.2 cm³/mol. The highest BCUT2D eigenvalue weighted by atomic mass is 14.1. The minimum Gasteiger partial charge on any atom is -0.0617 e. The summed E-state index contributed by atoms with van der Waals surface area (Å²) >= 11 is 0. The van der Waals surface area contributed by atoms with Gasteiger partial charge in [0.25, 0.3) is 0 Å². The molecule has 6 heavy (non-hydrogen) atoms. The number of rotatable bonds is 0. The highest BCUT2D eigenvalue weighted by molar-refractivity contribution is 4.95. The third kappa shape index (κ3) is 0.618. The van der Waals surface area contributed by atoms with Gasteiger partial charge in [-0.25, -0.2) is 0 Å². The summed E-state index contributed by atoms with van der Waals surface area (Å²) in [5.74, 6) is 0. The van der Waals surface area contributed by atoms with Gasteiger partial charge in [0.1, 0.15) is 0 Å². The van der Waals surface area contributed by atoms with Crippen molar-refractivity contribution in [3.8, 4) is 0 Å². The van der Waals surface area contributed by atoms with Crippen LogP contribution in [0.4, 0.5) is 0 Å². The fourth-order valence-corrected chi connectivity index (χ4v) is 0.802. The first-order chi connectivity index (χ1) is 2.89. The van der Waals surface area contributed by atoms with E-state index < -0.39 is 0 Å². The second-order valence-electron chi connectivity index (χ2n) is 1.81. The lowest BCUT2D eigenvalue weighted by Gasteiger charge is -1.78. The molecular weight excluding hydrogens is 72.1 g/mol. The van der Waals surface area contributed by atoms with E-state index in [2.05, 4.69) is 0 Å². The SMILES string of the molecule is [C]=C1CCCC1. The van der Waals surface area contributed by atoms with Crippen LogP contribution in [0.15, 0.2) is 5.57 Å². The van der Waals surface area contributed by atoms with Crippen molar-refractivity contribution >= 4 is 0 Å². The fourth-order valence-electron chi connectivity index (χ4n) is 0.802. The topological polar surface area (TPSA) is 0 Å². The van der Waals surface area contributed by atoms with Crippen LogP contribution in [0.3, 0.4) is 0 Å². The smallest absolute Gasteiger partial charge is 0.0108 e. The van der Waals surface area contributed by atoms with Crippen molar-refractivity contribution in [2.75, 3.05) is 0 Å². The maximum absolute atomic E-state index is 7.05. The molecule has 1 aliphatic carbocycles. The molecule has 0 amide bonds. The standard InChI is InChI=1S/C6H8/c1-6-4-2-3-5-6/h2-5H2. The molecule has 0 nitrogen and oxygen atoms in total. The Labute approximate surface area is 38.9 Å². The Kier molecular flexibility index (Phi) is 0.952. The molecule has 2 radical (unpaired) electrons. The zero-order valence-corrected chi connectivity index (χ0v) is 3.83. The van der Waals surface area contributed by atoms with E-state index in [1.165, 1.54) is 12.8 Å². The van der Waals surface area contributed by atoms with Crippen LogP contribution in [-0.4, -0.2) is 0 Å². The normalized spacial score (nSPS) is 22.3. The highest BCUT2D eigenvalue weighted by Crippen LogP contribution is 2.20. The number of hydrogen-bond acceptors (Lipinski definition) is 0. The first-order valence-electron chi connectivity index (χ1n) is 2.46. The van der Waals surface area contributed by atoms with Gasteiger partial charge in [0.05, 0.1) is 0 Å². The van der Waals surface area contributed by atoms with E-state index in [1.807, 2.05) is 0 Å². The minimum absolute atomic E-state index is 0.954. The molecule has 1 fully saturated rings. The molecule has 1 aliphatic rings. The first-order valence-corrected chi connectivity index (χ1v) is 2.46. The third-order valence-electron chi connectivity index (χ3n) is 1.21. The van der Waals surface area contributed by atoms with Crippen LogP contribution in [0, 0.1) is 6.58 Å². The van der Waals surface area contributed by atoms with E-state index in [1.54, 1.807) is 0 Å². The average Bonchev–Trinajstić information content (AvgIpc) is 1.86. The molecule has 0 saturated heterocycles. The molecule has 0 heteroatoms. The Morgan fingerprint density at radius 2 is 1.67 bits per heavy atom. The van der Waals surface area contributed by atoms with Gasteiger partial charge < -0.3 is 0 Å². The lowest BCUT2D eigenvalue weighted by Crippen LogP contribution is -1.60. The monoisotopic (exact) mass is 80.1 g/mol. The quantitative estimate of drug-likeness (QED) is 0.416. The van der Waals surface area contributed by atoms with E-state index in [-0.39, 0.29) is 0 Å². The fraction of sp³-hybridized carbons (Fsp3) is 0.667. The number of allylic oxidation sites excluding steroid dienone is 1. The molecule has 0 aliphatic heterocycles. The molecule has 32 valence electrons. The summed E-state index contributed by atoms with van der Waals surface area (Å²) in [6.45, 7) is 7.05. The first kappa shape index (κ1) is 3.91. The lowest BCUT2D eigenvalue weighted by atomic mass is 10.3. The molecule has 1 rings (SSSR count). The lowest BCUT2D eigenvalue weighted by molar-refractivity contribution is 0.886. The zero-order chi connectivity index (χ0) is 4.41. The second kappa shape index (κ2) is 1.46. The highest BCUT2D eigenvalue weighted by Gasteiger charge is 2.01. The summed E-state index contributed by atoms with van der Waals surface area (Å²) in [4.78, 5) is 0. The van der Waals surface area contributed by atoms with Crippen molar-refractivity contribution < 1.29 is 0 Å². The van der Waals surface area contributed by atoms with Crippen molar-refractivity contribution in [1.82, 2.24) is 0 Å². The summed E-state index contributed by atoms with van der Waals surface area (Å²) in [7, 11) is 0. The van der Waals surface area contributed by atoms with Gasteiger partial charge in [0.15, 0.2) is 0 Å². The van der Waals surface area contributed by atoms with Crippen molar-refractivity contribution in [2.45, 2.75) is 25.7 Å². The van der Waals surface area contributed by atoms with Gasteiger partial charge in [-0.1, -0.05) is 5.57 Å². The molecule has 0 heterocycles. The average molecular weight is 80.1 g/mol. The van der Waals surface area contributed by atoms with Crippen LogP contribution in [0.2, 0.25) is 0 Å². The van der Waals surface area contributed by atoms with E-state index in [0.717, 1.165) is 18.4 Å². The van der Waals surface area contributed by atoms with Gasteiger partial charge in [0, 0.05) is 0 Å². The molecule has 0 bridgehead atoms. The van der Waals surface area contributed by atoms with Crippen LogP contribution in [0.5, 0.6) is 0 Å². The Balaban J connectivity index is 2.37. The Bertz CT molecular complexity index is 54.4. The summed E-state index contributed by atoms with van der Waals surface area (Å²) in [5, 5.41) is 0. The number of hydrogen-bond donors (Lipinski definition) is 0. The summed E-state index contributed by atoms with van der Waals surface area (Å²) < 4.78 is 0. The van der Waals surface area contributed by atoms with Crippen LogP contribution in [-0.2, 0) is 0 Å². The van der Waals surface area contributed by atoms with Gasteiger partial charge >= 0.3 is 0 Å². The van der Waals surface area contributed by atoms with E-state index in [0.29, 0.717) is 0 Å². The second-order valence-corrected chi connectivity index (χ2v) is 1.81. The molecule has 0 aromatic carbocycles. The third-order valence-corrected chi connectivity index (χ3v) is 1.21. The summed E-state index contributed by atoms with van der Waals surface area (Å²) in [5.41, 5.74) is 0.954. The summed E-state index contributed by atoms with van der Waals surface area (Å²) in [6, 6.07) is 0. The predicted octanol–water partition coefficient (Wildman–Crippen LogP) is 1.80. The molecule has 0 aromatic rings. The molecule has 0 spiro atoms. The van der Waals surface area contributed by atoms with Crippen LogP contribution < -0.4 is 0 Å². The Morgan fingerprint density at radius 3 is 1.83 bits per heavy atom. The van der Waals surface area contributed by atoms with Crippen molar-refractivity contribution in [3.63, 3.8) is 0 Å². The maximum Gasteiger partial charge on any atom is -0.0108 e. The Morgan fingerprint density at radius 1 is 1.17 bits per heavy atom. The van der Waals surface area contributed by atoms with Gasteiger partial charge in [-0.3, -0.25) is 0 Å². The van der Waals surface area contributed by atoms with E-state index in [9.17, 15) is 0 Å². The van der Waals surface area contributed by atoms with Gasteiger partial charge in [-0.15, -0.1) is 0 Å². The van der Waals surface area contributed by atoms with Gasteiger partial charge in [-0.05, 0) is 32.3 Å². The van der Waals surface area contributed by atoms with E-state index in [4.69, 9.17) is 6.58 Å². The van der Waals surface area contributed by atoms with Crippen LogP contribution in [0.25, 0.3) is 0 Å². The molecule has 0 N–H and O–H groups in total. The summed E-state index contributed by atoms with van der Waals surface area (Å²) in [6.07, 6.45) is 4.66. The Hall–Kier alpha value is -0.260. The van der Waals surface area contributed by atoms with Crippen LogP contribution in [0.1, 0.15) is 25.7 Å². The van der Waals surface area contributed by atoms with Crippen molar-refractivity contribution in [3.05, 3.63) is 12.2 Å². The van der Waals surface area contributed by atoms with E-state index >= 15 is 0 Å². The molecular formula is C6H8. The van der Waals surface area contributed by atoms with Gasteiger partial charge in [0.2, 0.25) is 0 Å². The largest absolute Gasteiger partial charge is 0.0617 e. The zero-order valence-electron chi connectivity index (χ0n) is 3.83. The minimum atomic E-state index is 0.954. The van der Waals surface area contributed by atoms with Crippen LogP contribution >= 0.6 is 0 Å². The molecule has 0 aromatic heterocycles. The molecule has 1 saturated carbocycles.